The minimum absolute atomic E-state index is 0.114. The van der Waals surface area contributed by atoms with E-state index in [1.54, 1.807) is 12.3 Å². The van der Waals surface area contributed by atoms with Gasteiger partial charge in [0.05, 0.1) is 23.9 Å². The quantitative estimate of drug-likeness (QED) is 0.619. The molecule has 32 heavy (non-hydrogen) atoms. The van der Waals surface area contributed by atoms with Gasteiger partial charge in [-0.2, -0.15) is 5.26 Å². The summed E-state index contributed by atoms with van der Waals surface area (Å²) in [5.74, 6) is 0.347. The van der Waals surface area contributed by atoms with E-state index in [2.05, 4.69) is 26.7 Å². The molecule has 2 N–H and O–H groups in total. The molecule has 0 radical (unpaired) electrons. The number of nitriles is 1. The van der Waals surface area contributed by atoms with Crippen molar-refractivity contribution in [3.05, 3.63) is 82.3 Å². The van der Waals surface area contributed by atoms with Gasteiger partial charge in [0.15, 0.2) is 0 Å². The van der Waals surface area contributed by atoms with E-state index in [9.17, 15) is 9.59 Å². The van der Waals surface area contributed by atoms with E-state index in [1.807, 2.05) is 32.0 Å². The number of furan rings is 1. The van der Waals surface area contributed by atoms with Crippen LogP contribution in [0.3, 0.4) is 0 Å². The van der Waals surface area contributed by atoms with E-state index < -0.39 is 5.91 Å². The number of rotatable bonds is 6. The Hall–Kier alpha value is -3.99. The Morgan fingerprint density at radius 3 is 2.69 bits per heavy atom. The summed E-state index contributed by atoms with van der Waals surface area (Å²) >= 11 is 0. The average Bonchev–Trinajstić information content (AvgIpc) is 3.44. The number of amides is 2. The van der Waals surface area contributed by atoms with Crippen molar-refractivity contribution in [3.8, 4) is 6.07 Å². The second-order valence-corrected chi connectivity index (χ2v) is 8.07. The maximum atomic E-state index is 12.8. The molecule has 2 heterocycles. The number of carbonyl (C=O) groups excluding carboxylic acids is 2. The molecule has 2 amide bonds. The molecule has 1 aliphatic carbocycles. The van der Waals surface area contributed by atoms with Crippen molar-refractivity contribution in [2.75, 3.05) is 0 Å². The fraction of sp³-hybridized carbons (Fsp3) is 0.292. The van der Waals surface area contributed by atoms with E-state index in [0.717, 1.165) is 35.3 Å². The second kappa shape index (κ2) is 9.02. The molecular formula is C24H23N5O3. The molecule has 1 atom stereocenters. The molecule has 1 aromatic carbocycles. The van der Waals surface area contributed by atoms with Crippen molar-refractivity contribution in [2.24, 2.45) is 0 Å². The van der Waals surface area contributed by atoms with Gasteiger partial charge in [-0.1, -0.05) is 19.9 Å². The number of nitrogens with zero attached hydrogens (tertiary/aromatic N) is 3. The maximum Gasteiger partial charge on any atom is 0.270 e. The Morgan fingerprint density at radius 1 is 1.19 bits per heavy atom. The molecule has 1 aliphatic rings. The van der Waals surface area contributed by atoms with Gasteiger partial charge < -0.3 is 15.1 Å². The zero-order valence-corrected chi connectivity index (χ0v) is 17.9. The first-order chi connectivity index (χ1) is 15.4. The van der Waals surface area contributed by atoms with Crippen LogP contribution in [0.2, 0.25) is 0 Å². The van der Waals surface area contributed by atoms with E-state index >= 15 is 0 Å². The third-order valence-electron chi connectivity index (χ3n) is 5.48. The standard InChI is InChI=1S/C24H23N5O3/c1-14(2)22-8-16(12-32-22)11-26-23(30)20-9-21(28-13-27-20)24(31)29-19-6-4-17-7-15(10-25)3-5-18(17)19/h3,5,7-9,12-14,19H,4,6,11H2,1-2H3,(H,26,30)(H,29,31)/t19-/m1/s1. The predicted molar refractivity (Wildman–Crippen MR) is 116 cm³/mol. The van der Waals surface area contributed by atoms with Gasteiger partial charge in [-0.15, -0.1) is 0 Å². The van der Waals surface area contributed by atoms with Gasteiger partial charge in [0, 0.05) is 24.1 Å². The zero-order valence-electron chi connectivity index (χ0n) is 17.9. The summed E-state index contributed by atoms with van der Waals surface area (Å²) in [4.78, 5) is 33.3. The summed E-state index contributed by atoms with van der Waals surface area (Å²) in [5.41, 5.74) is 3.77. The monoisotopic (exact) mass is 429 g/mol. The largest absolute Gasteiger partial charge is 0.469 e. The number of fused-ring (bicyclic) bond motifs is 1. The molecule has 0 unspecified atom stereocenters. The van der Waals surface area contributed by atoms with Crippen LogP contribution in [-0.2, 0) is 13.0 Å². The van der Waals surface area contributed by atoms with E-state index in [-0.39, 0.29) is 29.3 Å². The van der Waals surface area contributed by atoms with Crippen LogP contribution in [0.15, 0.2) is 47.3 Å². The van der Waals surface area contributed by atoms with Gasteiger partial charge in [-0.05, 0) is 42.2 Å². The SMILES string of the molecule is CC(C)c1cc(CNC(=O)c2cc(C(=O)N[C@@H]3CCc4cc(C#N)ccc43)ncn2)co1. The van der Waals surface area contributed by atoms with Crippen LogP contribution in [0.4, 0.5) is 0 Å². The number of carbonyl (C=O) groups is 2. The van der Waals surface area contributed by atoms with Gasteiger partial charge >= 0.3 is 0 Å². The molecule has 4 rings (SSSR count). The van der Waals surface area contributed by atoms with E-state index in [0.29, 0.717) is 12.1 Å². The minimum Gasteiger partial charge on any atom is -0.469 e. The van der Waals surface area contributed by atoms with Crippen molar-refractivity contribution < 1.29 is 14.0 Å². The molecule has 0 bridgehead atoms. The summed E-state index contributed by atoms with van der Waals surface area (Å²) in [6, 6.07) is 10.8. The summed E-state index contributed by atoms with van der Waals surface area (Å²) in [7, 11) is 0. The molecule has 8 nitrogen and oxygen atoms in total. The summed E-state index contributed by atoms with van der Waals surface area (Å²) in [6.45, 7) is 4.36. The highest BCUT2D eigenvalue weighted by Crippen LogP contribution is 2.31. The van der Waals surface area contributed by atoms with Crippen molar-refractivity contribution >= 4 is 11.8 Å². The highest BCUT2D eigenvalue weighted by molar-refractivity contribution is 5.97. The number of nitrogens with one attached hydrogen (secondary N) is 2. The lowest BCUT2D eigenvalue weighted by atomic mass is 10.1. The number of hydrogen-bond acceptors (Lipinski definition) is 6. The van der Waals surface area contributed by atoms with Crippen LogP contribution in [0.25, 0.3) is 0 Å². The Morgan fingerprint density at radius 2 is 1.97 bits per heavy atom. The van der Waals surface area contributed by atoms with Crippen LogP contribution in [0, 0.1) is 11.3 Å². The van der Waals surface area contributed by atoms with Crippen molar-refractivity contribution in [3.63, 3.8) is 0 Å². The van der Waals surface area contributed by atoms with Crippen molar-refractivity contribution in [2.45, 2.75) is 45.2 Å². The molecule has 0 saturated heterocycles. The Bertz CT molecular complexity index is 1210. The number of aryl methyl sites for hydroxylation is 1. The first-order valence-electron chi connectivity index (χ1n) is 10.5. The molecule has 3 aromatic rings. The van der Waals surface area contributed by atoms with Crippen LogP contribution >= 0.6 is 0 Å². The smallest absolute Gasteiger partial charge is 0.270 e. The minimum atomic E-state index is -0.399. The fourth-order valence-corrected chi connectivity index (χ4v) is 3.74. The number of aromatic nitrogens is 2. The first-order valence-corrected chi connectivity index (χ1v) is 10.5. The van der Waals surface area contributed by atoms with E-state index in [4.69, 9.17) is 9.68 Å². The molecule has 0 spiro atoms. The van der Waals surface area contributed by atoms with Crippen molar-refractivity contribution in [1.29, 1.82) is 5.26 Å². The lowest BCUT2D eigenvalue weighted by Gasteiger charge is -2.14. The van der Waals surface area contributed by atoms with Crippen LogP contribution in [-0.4, -0.2) is 21.8 Å². The molecule has 0 fully saturated rings. The molecule has 0 saturated carbocycles. The number of hydrogen-bond donors (Lipinski definition) is 2. The third kappa shape index (κ3) is 4.52. The molecule has 2 aromatic heterocycles. The first kappa shape index (κ1) is 21.2. The van der Waals surface area contributed by atoms with Crippen LogP contribution in [0.1, 0.15) is 81.2 Å². The normalized spacial score (nSPS) is 14.6. The third-order valence-corrected chi connectivity index (χ3v) is 5.48. The highest BCUT2D eigenvalue weighted by atomic mass is 16.3. The predicted octanol–water partition coefficient (Wildman–Crippen LogP) is 3.41. The van der Waals surface area contributed by atoms with Gasteiger partial charge in [-0.25, -0.2) is 9.97 Å². The fourth-order valence-electron chi connectivity index (χ4n) is 3.74. The van der Waals surface area contributed by atoms with E-state index in [1.165, 1.54) is 12.4 Å². The highest BCUT2D eigenvalue weighted by Gasteiger charge is 2.25. The average molecular weight is 429 g/mol. The molecule has 8 heteroatoms. The Balaban J connectivity index is 1.40. The molecule has 0 aliphatic heterocycles. The Kier molecular flexibility index (Phi) is 5.99. The Labute approximate surface area is 185 Å². The molecular weight excluding hydrogens is 406 g/mol. The lowest BCUT2D eigenvalue weighted by molar-refractivity contribution is 0.0931. The zero-order chi connectivity index (χ0) is 22.7. The summed E-state index contributed by atoms with van der Waals surface area (Å²) in [5, 5.41) is 14.8. The van der Waals surface area contributed by atoms with Gasteiger partial charge in [-0.3, -0.25) is 9.59 Å². The number of benzene rings is 1. The van der Waals surface area contributed by atoms with Crippen LogP contribution < -0.4 is 10.6 Å². The topological polar surface area (TPSA) is 121 Å². The van der Waals surface area contributed by atoms with Gasteiger partial charge in [0.25, 0.3) is 11.8 Å². The van der Waals surface area contributed by atoms with Gasteiger partial charge in [0.1, 0.15) is 23.5 Å². The van der Waals surface area contributed by atoms with Crippen LogP contribution in [0.5, 0.6) is 0 Å². The summed E-state index contributed by atoms with van der Waals surface area (Å²) < 4.78 is 5.47. The van der Waals surface area contributed by atoms with Crippen molar-refractivity contribution in [1.82, 2.24) is 20.6 Å². The lowest BCUT2D eigenvalue weighted by Crippen LogP contribution is -2.29. The second-order valence-electron chi connectivity index (χ2n) is 8.07. The van der Waals surface area contributed by atoms with Gasteiger partial charge in [0.2, 0.25) is 0 Å². The summed E-state index contributed by atoms with van der Waals surface area (Å²) in [6.07, 6.45) is 4.37. The molecule has 162 valence electrons. The maximum absolute atomic E-state index is 12.8.